The van der Waals surface area contributed by atoms with Gasteiger partial charge in [-0.05, 0) is 54.8 Å². The van der Waals surface area contributed by atoms with E-state index in [1.807, 2.05) is 5.38 Å². The number of esters is 2. The van der Waals surface area contributed by atoms with Crippen LogP contribution in [0.4, 0.5) is 10.7 Å². The molecule has 1 saturated carbocycles. The second-order valence-corrected chi connectivity index (χ2v) is 7.94. The van der Waals surface area contributed by atoms with Crippen LogP contribution in [-0.4, -0.2) is 43.6 Å². The molecule has 1 aliphatic heterocycles. The third kappa shape index (κ3) is 4.69. The largest absolute Gasteiger partial charge is 0.482 e. The fourth-order valence-corrected chi connectivity index (χ4v) is 4.20. The Bertz CT molecular complexity index is 1060. The molecule has 2 heterocycles. The molecule has 1 aromatic carbocycles. The van der Waals surface area contributed by atoms with Gasteiger partial charge in [0, 0.05) is 0 Å². The summed E-state index contributed by atoms with van der Waals surface area (Å²) in [5, 5.41) is 7.52. The first-order chi connectivity index (χ1) is 15.0. The molecular formula is C21H20N2O7S. The molecule has 0 bridgehead atoms. The van der Waals surface area contributed by atoms with Gasteiger partial charge in [-0.15, -0.1) is 11.3 Å². The molecule has 31 heavy (non-hydrogen) atoms. The molecule has 2 N–H and O–H groups in total. The van der Waals surface area contributed by atoms with E-state index >= 15 is 0 Å². The zero-order chi connectivity index (χ0) is 22.0. The first-order valence-electron chi connectivity index (χ1n) is 9.78. The third-order valence-electron chi connectivity index (χ3n) is 4.75. The van der Waals surface area contributed by atoms with Crippen LogP contribution in [-0.2, 0) is 19.1 Å². The Morgan fingerprint density at radius 3 is 2.77 bits per heavy atom. The van der Waals surface area contributed by atoms with Gasteiger partial charge >= 0.3 is 11.9 Å². The normalized spacial score (nSPS) is 14.7. The van der Waals surface area contributed by atoms with Crippen molar-refractivity contribution in [3.8, 4) is 5.75 Å². The number of thiophene rings is 1. The lowest BCUT2D eigenvalue weighted by Crippen LogP contribution is -2.25. The number of fused-ring (bicyclic) bond motifs is 1. The molecule has 1 fully saturated rings. The smallest absolute Gasteiger partial charge is 0.341 e. The SMILES string of the molecule is CCOC(=O)c1c(C2CC2)csc1NC(=O)COC(=O)c1ccc2c(c1)OCC(=O)N2. The molecule has 10 heteroatoms. The van der Waals surface area contributed by atoms with Crippen LogP contribution in [0.2, 0.25) is 0 Å². The zero-order valence-electron chi connectivity index (χ0n) is 16.7. The number of rotatable bonds is 7. The quantitative estimate of drug-likeness (QED) is 0.630. The summed E-state index contributed by atoms with van der Waals surface area (Å²) >= 11 is 1.25. The van der Waals surface area contributed by atoms with Crippen molar-refractivity contribution in [2.24, 2.45) is 0 Å². The van der Waals surface area contributed by atoms with Crippen LogP contribution < -0.4 is 15.4 Å². The van der Waals surface area contributed by atoms with E-state index in [1.165, 1.54) is 29.5 Å². The van der Waals surface area contributed by atoms with Gasteiger partial charge in [-0.3, -0.25) is 9.59 Å². The van der Waals surface area contributed by atoms with E-state index in [0.29, 0.717) is 27.9 Å². The summed E-state index contributed by atoms with van der Waals surface area (Å²) in [6.07, 6.45) is 2.00. The van der Waals surface area contributed by atoms with Crippen LogP contribution in [0.1, 0.15) is 52.0 Å². The van der Waals surface area contributed by atoms with E-state index in [1.54, 1.807) is 6.92 Å². The summed E-state index contributed by atoms with van der Waals surface area (Å²) in [6, 6.07) is 4.43. The van der Waals surface area contributed by atoms with Crippen molar-refractivity contribution in [1.29, 1.82) is 0 Å². The van der Waals surface area contributed by atoms with E-state index in [4.69, 9.17) is 14.2 Å². The second-order valence-electron chi connectivity index (χ2n) is 7.06. The number of hydrogen-bond donors (Lipinski definition) is 2. The molecule has 2 aliphatic rings. The fraction of sp³-hybridized carbons (Fsp3) is 0.333. The van der Waals surface area contributed by atoms with Gasteiger partial charge in [-0.1, -0.05) is 0 Å². The highest BCUT2D eigenvalue weighted by Crippen LogP contribution is 2.46. The maximum absolute atomic E-state index is 12.4. The zero-order valence-corrected chi connectivity index (χ0v) is 17.5. The highest BCUT2D eigenvalue weighted by molar-refractivity contribution is 7.15. The highest BCUT2D eigenvalue weighted by atomic mass is 32.1. The first-order valence-corrected chi connectivity index (χ1v) is 10.7. The van der Waals surface area contributed by atoms with Crippen molar-refractivity contribution >= 4 is 45.8 Å². The Morgan fingerprint density at radius 1 is 1.23 bits per heavy atom. The molecule has 0 radical (unpaired) electrons. The van der Waals surface area contributed by atoms with Crippen LogP contribution in [0, 0.1) is 0 Å². The Hall–Kier alpha value is -3.40. The van der Waals surface area contributed by atoms with Gasteiger partial charge in [-0.2, -0.15) is 0 Å². The Labute approximate surface area is 181 Å². The lowest BCUT2D eigenvalue weighted by molar-refractivity contribution is -0.119. The summed E-state index contributed by atoms with van der Waals surface area (Å²) in [6.45, 7) is 1.29. The maximum atomic E-state index is 12.4. The van der Waals surface area contributed by atoms with Gasteiger partial charge < -0.3 is 24.8 Å². The monoisotopic (exact) mass is 444 g/mol. The molecule has 0 saturated heterocycles. The van der Waals surface area contributed by atoms with E-state index in [-0.39, 0.29) is 24.7 Å². The molecule has 4 rings (SSSR count). The predicted octanol–water partition coefficient (Wildman–Crippen LogP) is 2.93. The van der Waals surface area contributed by atoms with Crippen molar-refractivity contribution in [1.82, 2.24) is 0 Å². The minimum atomic E-state index is -0.714. The molecule has 0 spiro atoms. The van der Waals surface area contributed by atoms with E-state index in [9.17, 15) is 19.2 Å². The van der Waals surface area contributed by atoms with Gasteiger partial charge in [-0.25, -0.2) is 9.59 Å². The predicted molar refractivity (Wildman–Crippen MR) is 112 cm³/mol. The standard InChI is InChI=1S/C21H20N2O7S/c1-2-28-21(27)18-13(11-3-4-11)10-31-19(18)23-17(25)9-30-20(26)12-5-6-14-15(7-12)29-8-16(24)22-14/h5-7,10-11H,2-4,8-9H2,1H3,(H,22,24)(H,23,25). The molecule has 1 aliphatic carbocycles. The number of amides is 2. The molecule has 162 valence electrons. The number of carbonyl (C=O) groups excluding carboxylic acids is 4. The van der Waals surface area contributed by atoms with Crippen LogP contribution >= 0.6 is 11.3 Å². The van der Waals surface area contributed by atoms with Crippen LogP contribution in [0.3, 0.4) is 0 Å². The van der Waals surface area contributed by atoms with Crippen molar-refractivity contribution < 1.29 is 33.4 Å². The molecular weight excluding hydrogens is 424 g/mol. The van der Waals surface area contributed by atoms with E-state index in [2.05, 4.69) is 10.6 Å². The topological polar surface area (TPSA) is 120 Å². The van der Waals surface area contributed by atoms with Gasteiger partial charge in [0.25, 0.3) is 11.8 Å². The van der Waals surface area contributed by atoms with Gasteiger partial charge in [0.05, 0.1) is 23.4 Å². The number of benzene rings is 1. The molecule has 2 aromatic rings. The van der Waals surface area contributed by atoms with Crippen molar-refractivity contribution in [2.75, 3.05) is 30.5 Å². The molecule has 0 atom stereocenters. The summed E-state index contributed by atoms with van der Waals surface area (Å²) in [4.78, 5) is 48.3. The lowest BCUT2D eigenvalue weighted by atomic mass is 10.1. The van der Waals surface area contributed by atoms with Gasteiger partial charge in [0.15, 0.2) is 13.2 Å². The molecule has 1 aromatic heterocycles. The van der Waals surface area contributed by atoms with Crippen LogP contribution in [0.15, 0.2) is 23.6 Å². The fourth-order valence-electron chi connectivity index (χ4n) is 3.15. The molecule has 2 amide bonds. The minimum absolute atomic E-state index is 0.139. The van der Waals surface area contributed by atoms with Gasteiger partial charge in [0.1, 0.15) is 10.8 Å². The average Bonchev–Trinajstić information content (AvgIpc) is 3.52. The minimum Gasteiger partial charge on any atom is -0.482 e. The average molecular weight is 444 g/mol. The van der Waals surface area contributed by atoms with Crippen molar-refractivity contribution in [2.45, 2.75) is 25.7 Å². The lowest BCUT2D eigenvalue weighted by Gasteiger charge is -2.18. The highest BCUT2D eigenvalue weighted by Gasteiger charge is 2.32. The van der Waals surface area contributed by atoms with Crippen molar-refractivity contribution in [3.05, 3.63) is 40.3 Å². The number of carbonyl (C=O) groups is 4. The first kappa shape index (κ1) is 20.9. The number of ether oxygens (including phenoxy) is 3. The summed E-state index contributed by atoms with van der Waals surface area (Å²) < 4.78 is 15.5. The van der Waals surface area contributed by atoms with Crippen LogP contribution in [0.5, 0.6) is 5.75 Å². The van der Waals surface area contributed by atoms with Crippen LogP contribution in [0.25, 0.3) is 0 Å². The Morgan fingerprint density at radius 2 is 2.03 bits per heavy atom. The molecule has 0 unspecified atom stereocenters. The number of hydrogen-bond acceptors (Lipinski definition) is 8. The third-order valence-corrected chi connectivity index (χ3v) is 5.67. The number of nitrogens with one attached hydrogen (secondary N) is 2. The van der Waals surface area contributed by atoms with E-state index < -0.39 is 24.5 Å². The molecule has 9 nitrogen and oxygen atoms in total. The Kier molecular flexibility index (Phi) is 5.90. The Balaban J connectivity index is 1.38. The van der Waals surface area contributed by atoms with Gasteiger partial charge in [0.2, 0.25) is 0 Å². The number of anilines is 2. The summed E-state index contributed by atoms with van der Waals surface area (Å²) in [5.41, 5.74) is 1.91. The van der Waals surface area contributed by atoms with E-state index in [0.717, 1.165) is 18.4 Å². The van der Waals surface area contributed by atoms with Crippen molar-refractivity contribution in [3.63, 3.8) is 0 Å². The second kappa shape index (κ2) is 8.76. The summed E-state index contributed by atoms with van der Waals surface area (Å²) in [5.74, 6) is -1.36. The summed E-state index contributed by atoms with van der Waals surface area (Å²) in [7, 11) is 0. The maximum Gasteiger partial charge on any atom is 0.341 e.